The predicted octanol–water partition coefficient (Wildman–Crippen LogP) is 1.86. The lowest BCUT2D eigenvalue weighted by atomic mass is 10.1. The number of hydrogen-bond acceptors (Lipinski definition) is 3. The van der Waals surface area contributed by atoms with Gasteiger partial charge in [0.25, 0.3) is 0 Å². The lowest BCUT2D eigenvalue weighted by molar-refractivity contribution is 0.0906. The first-order valence-electron chi connectivity index (χ1n) is 6.48. The topological polar surface area (TPSA) is 46.6 Å². The van der Waals surface area contributed by atoms with Gasteiger partial charge in [-0.2, -0.15) is 4.31 Å². The van der Waals surface area contributed by atoms with Crippen molar-refractivity contribution in [1.29, 1.82) is 0 Å². The van der Waals surface area contributed by atoms with Crippen LogP contribution < -0.4 is 0 Å². The summed E-state index contributed by atoms with van der Waals surface area (Å²) in [4.78, 5) is 0. The number of nitrogens with zero attached hydrogens (tertiary/aromatic N) is 1. The fourth-order valence-electron chi connectivity index (χ4n) is 2.33. The zero-order valence-corrected chi connectivity index (χ0v) is 12.2. The van der Waals surface area contributed by atoms with Crippen LogP contribution in [0.4, 0.5) is 0 Å². The SMILES string of the molecule is CC[C@H]1C[C@H](C)CN1S(=O)(=O)CCOC(C)C. The second-order valence-corrected chi connectivity index (χ2v) is 7.25. The largest absolute Gasteiger partial charge is 0.378 e. The molecule has 0 bridgehead atoms. The molecule has 1 fully saturated rings. The zero-order chi connectivity index (χ0) is 13.1. The first kappa shape index (κ1) is 14.9. The normalized spacial score (nSPS) is 26.9. The van der Waals surface area contributed by atoms with E-state index in [1.165, 1.54) is 0 Å². The molecule has 0 aromatic carbocycles. The van der Waals surface area contributed by atoms with Gasteiger partial charge in [0, 0.05) is 12.6 Å². The highest BCUT2D eigenvalue weighted by Gasteiger charge is 2.36. The van der Waals surface area contributed by atoms with Crippen LogP contribution in [-0.4, -0.2) is 43.8 Å². The van der Waals surface area contributed by atoms with Gasteiger partial charge in [-0.3, -0.25) is 0 Å². The van der Waals surface area contributed by atoms with E-state index in [1.54, 1.807) is 4.31 Å². The smallest absolute Gasteiger partial charge is 0.216 e. The highest BCUT2D eigenvalue weighted by atomic mass is 32.2. The Morgan fingerprint density at radius 3 is 2.59 bits per heavy atom. The number of sulfonamides is 1. The van der Waals surface area contributed by atoms with Crippen LogP contribution in [0.1, 0.15) is 40.5 Å². The molecule has 0 saturated carbocycles. The molecule has 4 nitrogen and oxygen atoms in total. The summed E-state index contributed by atoms with van der Waals surface area (Å²) >= 11 is 0. The maximum absolute atomic E-state index is 12.2. The van der Waals surface area contributed by atoms with Crippen molar-refractivity contribution in [2.75, 3.05) is 18.9 Å². The Morgan fingerprint density at radius 1 is 1.41 bits per heavy atom. The third-order valence-corrected chi connectivity index (χ3v) is 5.04. The van der Waals surface area contributed by atoms with Crippen LogP contribution in [-0.2, 0) is 14.8 Å². The summed E-state index contributed by atoms with van der Waals surface area (Å²) in [6, 6.07) is 0.189. The Morgan fingerprint density at radius 2 is 2.06 bits per heavy atom. The summed E-state index contributed by atoms with van der Waals surface area (Å²) < 4.78 is 31.4. The molecule has 0 amide bonds. The van der Waals surface area contributed by atoms with E-state index in [0.29, 0.717) is 19.1 Å². The first-order chi connectivity index (χ1) is 7.86. The molecule has 0 aliphatic carbocycles. The number of ether oxygens (including phenoxy) is 1. The molecule has 0 unspecified atom stereocenters. The van der Waals surface area contributed by atoms with Gasteiger partial charge in [0.2, 0.25) is 10.0 Å². The summed E-state index contributed by atoms with van der Waals surface area (Å²) in [5.74, 6) is 0.578. The van der Waals surface area contributed by atoms with Crippen molar-refractivity contribution in [3.8, 4) is 0 Å². The van der Waals surface area contributed by atoms with E-state index in [2.05, 4.69) is 13.8 Å². The molecule has 0 aromatic heterocycles. The summed E-state index contributed by atoms with van der Waals surface area (Å²) in [7, 11) is -3.14. The van der Waals surface area contributed by atoms with E-state index < -0.39 is 10.0 Å². The Labute approximate surface area is 105 Å². The molecule has 0 radical (unpaired) electrons. The maximum Gasteiger partial charge on any atom is 0.216 e. The molecule has 1 aliphatic heterocycles. The molecule has 0 aromatic rings. The molecular formula is C12H25NO3S. The average molecular weight is 263 g/mol. The van der Waals surface area contributed by atoms with Crippen LogP contribution in [0.15, 0.2) is 0 Å². The molecule has 1 aliphatic rings. The Balaban J connectivity index is 2.57. The summed E-state index contributed by atoms with van der Waals surface area (Å²) in [6.45, 7) is 8.96. The van der Waals surface area contributed by atoms with Gasteiger partial charge in [0.05, 0.1) is 18.5 Å². The first-order valence-corrected chi connectivity index (χ1v) is 8.08. The van der Waals surface area contributed by atoms with Gasteiger partial charge >= 0.3 is 0 Å². The fourth-order valence-corrected chi connectivity index (χ4v) is 4.04. The molecule has 2 atom stereocenters. The van der Waals surface area contributed by atoms with Crippen molar-refractivity contribution in [1.82, 2.24) is 4.31 Å². The van der Waals surface area contributed by atoms with Crippen LogP contribution in [0.5, 0.6) is 0 Å². The van der Waals surface area contributed by atoms with Gasteiger partial charge in [0.15, 0.2) is 0 Å². The van der Waals surface area contributed by atoms with Gasteiger partial charge in [-0.15, -0.1) is 0 Å². The van der Waals surface area contributed by atoms with E-state index in [1.807, 2.05) is 13.8 Å². The molecule has 0 spiro atoms. The third kappa shape index (κ3) is 4.23. The van der Waals surface area contributed by atoms with E-state index in [-0.39, 0.29) is 17.9 Å². The molecule has 17 heavy (non-hydrogen) atoms. The predicted molar refractivity (Wildman–Crippen MR) is 69.4 cm³/mol. The van der Waals surface area contributed by atoms with Crippen LogP contribution >= 0.6 is 0 Å². The van der Waals surface area contributed by atoms with Crippen molar-refractivity contribution in [2.24, 2.45) is 5.92 Å². The highest BCUT2D eigenvalue weighted by molar-refractivity contribution is 7.89. The van der Waals surface area contributed by atoms with Crippen molar-refractivity contribution >= 4 is 10.0 Å². The Kier molecular flexibility index (Phi) is 5.41. The molecule has 1 saturated heterocycles. The second-order valence-electron chi connectivity index (χ2n) is 5.21. The Bertz CT molecular complexity index is 327. The fraction of sp³-hybridized carbons (Fsp3) is 1.00. The maximum atomic E-state index is 12.2. The lowest BCUT2D eigenvalue weighted by Gasteiger charge is -2.23. The third-order valence-electron chi connectivity index (χ3n) is 3.19. The average Bonchev–Trinajstić information content (AvgIpc) is 2.59. The monoisotopic (exact) mass is 263 g/mol. The minimum absolute atomic E-state index is 0.0877. The summed E-state index contributed by atoms with van der Waals surface area (Å²) in [5, 5.41) is 0. The van der Waals surface area contributed by atoms with Crippen molar-refractivity contribution in [3.63, 3.8) is 0 Å². The van der Waals surface area contributed by atoms with Gasteiger partial charge < -0.3 is 4.74 Å². The van der Waals surface area contributed by atoms with Crippen molar-refractivity contribution < 1.29 is 13.2 Å². The summed E-state index contributed by atoms with van der Waals surface area (Å²) in [5.41, 5.74) is 0. The zero-order valence-electron chi connectivity index (χ0n) is 11.3. The summed E-state index contributed by atoms with van der Waals surface area (Å²) in [6.07, 6.45) is 1.97. The quantitative estimate of drug-likeness (QED) is 0.735. The Hall–Kier alpha value is -0.130. The van der Waals surface area contributed by atoms with Gasteiger partial charge in [-0.05, 0) is 32.6 Å². The van der Waals surface area contributed by atoms with Crippen LogP contribution in [0.2, 0.25) is 0 Å². The number of hydrogen-bond donors (Lipinski definition) is 0. The minimum Gasteiger partial charge on any atom is -0.378 e. The van der Waals surface area contributed by atoms with Crippen molar-refractivity contribution in [3.05, 3.63) is 0 Å². The number of rotatable bonds is 6. The molecule has 102 valence electrons. The van der Waals surface area contributed by atoms with Crippen LogP contribution in [0.25, 0.3) is 0 Å². The van der Waals surface area contributed by atoms with Crippen molar-refractivity contribution in [2.45, 2.75) is 52.7 Å². The minimum atomic E-state index is -3.14. The van der Waals surface area contributed by atoms with Crippen LogP contribution in [0.3, 0.4) is 0 Å². The molecule has 0 N–H and O–H groups in total. The van der Waals surface area contributed by atoms with E-state index in [4.69, 9.17) is 4.74 Å². The molecule has 5 heteroatoms. The van der Waals surface area contributed by atoms with Gasteiger partial charge in [0.1, 0.15) is 0 Å². The van der Waals surface area contributed by atoms with Gasteiger partial charge in [-0.25, -0.2) is 8.42 Å². The molecular weight excluding hydrogens is 238 g/mol. The standard InChI is InChI=1S/C12H25NO3S/c1-5-12-8-11(4)9-13(12)17(14,15)7-6-16-10(2)3/h10-12H,5-9H2,1-4H3/t11-,12-/m0/s1. The van der Waals surface area contributed by atoms with E-state index in [0.717, 1.165) is 12.8 Å². The molecule has 1 heterocycles. The second kappa shape index (κ2) is 6.16. The van der Waals surface area contributed by atoms with E-state index >= 15 is 0 Å². The highest BCUT2D eigenvalue weighted by Crippen LogP contribution is 2.27. The van der Waals surface area contributed by atoms with E-state index in [9.17, 15) is 8.42 Å². The molecule has 1 rings (SSSR count). The van der Waals surface area contributed by atoms with Crippen LogP contribution in [0, 0.1) is 5.92 Å². The lowest BCUT2D eigenvalue weighted by Crippen LogP contribution is -2.38. The van der Waals surface area contributed by atoms with Gasteiger partial charge in [-0.1, -0.05) is 13.8 Å².